The highest BCUT2D eigenvalue weighted by Gasteiger charge is 2.23. The number of thioether (sulfide) groups is 1. The van der Waals surface area contributed by atoms with Crippen LogP contribution in [0, 0.1) is 0 Å². The maximum atomic E-state index is 6.07. The average molecular weight is 329 g/mol. The minimum atomic E-state index is -0.149. The largest absolute Gasteiger partial charge is 0.440 e. The van der Waals surface area contributed by atoms with Crippen LogP contribution in [0.1, 0.15) is 32.5 Å². The Bertz CT molecular complexity index is 788. The number of hydrogen-bond donors (Lipinski definition) is 1. The lowest BCUT2D eigenvalue weighted by Crippen LogP contribution is -2.24. The number of benzene rings is 1. The van der Waals surface area contributed by atoms with Gasteiger partial charge in [0, 0.05) is 11.0 Å². The van der Waals surface area contributed by atoms with Gasteiger partial charge < -0.3 is 10.3 Å². The molecule has 0 unspecified atom stereocenters. The lowest BCUT2D eigenvalue weighted by molar-refractivity contribution is 0.522. The molecule has 0 amide bonds. The third-order valence-electron chi connectivity index (χ3n) is 3.27. The Hall–Kier alpha value is -2.28. The normalized spacial score (nSPS) is 11.8. The monoisotopic (exact) mass is 329 g/mol. The van der Waals surface area contributed by atoms with E-state index in [1.807, 2.05) is 30.3 Å². The number of nitrogen functional groups attached to an aromatic ring is 1. The molecule has 23 heavy (non-hydrogen) atoms. The fourth-order valence-electron chi connectivity index (χ4n) is 2.13. The predicted molar refractivity (Wildman–Crippen MR) is 90.4 cm³/mol. The Labute approximate surface area is 139 Å². The summed E-state index contributed by atoms with van der Waals surface area (Å²) in [5.74, 6) is 8.75. The van der Waals surface area contributed by atoms with Crippen molar-refractivity contribution in [2.45, 2.75) is 37.1 Å². The molecule has 3 rings (SSSR count). The summed E-state index contributed by atoms with van der Waals surface area (Å²) >= 11 is 1.45. The molecular weight excluding hydrogens is 310 g/mol. The van der Waals surface area contributed by atoms with Crippen LogP contribution in [-0.4, -0.2) is 19.9 Å². The minimum absolute atomic E-state index is 0.149. The summed E-state index contributed by atoms with van der Waals surface area (Å²) in [4.78, 5) is 4.31. The van der Waals surface area contributed by atoms with Gasteiger partial charge in [-0.15, -0.1) is 10.2 Å². The summed E-state index contributed by atoms with van der Waals surface area (Å²) in [5, 5.41) is 8.96. The highest BCUT2D eigenvalue weighted by molar-refractivity contribution is 7.98. The van der Waals surface area contributed by atoms with Crippen molar-refractivity contribution in [3.05, 3.63) is 48.2 Å². The topological polar surface area (TPSA) is 82.8 Å². The van der Waals surface area contributed by atoms with Gasteiger partial charge in [-0.25, -0.2) is 9.66 Å². The molecule has 1 aromatic carbocycles. The molecule has 2 aromatic heterocycles. The van der Waals surface area contributed by atoms with Gasteiger partial charge in [-0.3, -0.25) is 0 Å². The van der Waals surface area contributed by atoms with Crippen LogP contribution in [0.2, 0.25) is 0 Å². The Morgan fingerprint density at radius 2 is 1.91 bits per heavy atom. The van der Waals surface area contributed by atoms with Crippen molar-refractivity contribution in [3.63, 3.8) is 0 Å². The standard InChI is InChI=1S/C16H19N5OS/c1-16(2,3)14-19-20-15(21(14)17)23-10-13-18-9-12(22-13)11-7-5-4-6-8-11/h4-9H,10,17H2,1-3H3. The first-order valence-corrected chi connectivity index (χ1v) is 8.27. The zero-order chi connectivity index (χ0) is 16.4. The van der Waals surface area contributed by atoms with Gasteiger partial charge in [0.2, 0.25) is 11.0 Å². The first kappa shape index (κ1) is 15.6. The maximum Gasteiger partial charge on any atom is 0.210 e. The fraction of sp³-hybridized carbons (Fsp3) is 0.312. The summed E-state index contributed by atoms with van der Waals surface area (Å²) in [6, 6.07) is 9.89. The van der Waals surface area contributed by atoms with E-state index in [1.165, 1.54) is 16.4 Å². The van der Waals surface area contributed by atoms with E-state index in [0.717, 1.165) is 17.1 Å². The molecule has 0 bridgehead atoms. The molecule has 7 heteroatoms. The second kappa shape index (κ2) is 6.08. The summed E-state index contributed by atoms with van der Waals surface area (Å²) < 4.78 is 7.31. The van der Waals surface area contributed by atoms with Crippen LogP contribution in [0.4, 0.5) is 0 Å². The molecule has 0 radical (unpaired) electrons. The van der Waals surface area contributed by atoms with Crippen molar-refractivity contribution in [2.24, 2.45) is 0 Å². The molecule has 6 nitrogen and oxygen atoms in total. The molecule has 0 aliphatic rings. The van der Waals surface area contributed by atoms with Gasteiger partial charge in [-0.2, -0.15) is 0 Å². The Morgan fingerprint density at radius 3 is 2.57 bits per heavy atom. The minimum Gasteiger partial charge on any atom is -0.440 e. The Balaban J connectivity index is 1.70. The van der Waals surface area contributed by atoms with Crippen LogP contribution in [0.25, 0.3) is 11.3 Å². The number of nitrogens with zero attached hydrogens (tertiary/aromatic N) is 4. The fourth-order valence-corrected chi connectivity index (χ4v) is 2.84. The molecule has 0 atom stereocenters. The van der Waals surface area contributed by atoms with Crippen LogP contribution in [0.5, 0.6) is 0 Å². The quantitative estimate of drug-likeness (QED) is 0.584. The smallest absolute Gasteiger partial charge is 0.210 e. The highest BCUT2D eigenvalue weighted by Crippen LogP contribution is 2.27. The van der Waals surface area contributed by atoms with Gasteiger partial charge in [0.05, 0.1) is 11.9 Å². The molecule has 2 N–H and O–H groups in total. The van der Waals surface area contributed by atoms with Gasteiger partial charge in [0.15, 0.2) is 11.6 Å². The lowest BCUT2D eigenvalue weighted by Gasteiger charge is -2.16. The van der Waals surface area contributed by atoms with Crippen LogP contribution in [0.3, 0.4) is 0 Å². The van der Waals surface area contributed by atoms with Crippen molar-refractivity contribution in [3.8, 4) is 11.3 Å². The van der Waals surface area contributed by atoms with Crippen molar-refractivity contribution in [1.29, 1.82) is 0 Å². The van der Waals surface area contributed by atoms with Gasteiger partial charge in [0.25, 0.3) is 0 Å². The molecule has 0 saturated heterocycles. The zero-order valence-electron chi connectivity index (χ0n) is 13.4. The van der Waals surface area contributed by atoms with E-state index in [9.17, 15) is 0 Å². The molecule has 3 aromatic rings. The third kappa shape index (κ3) is 3.39. The van der Waals surface area contributed by atoms with E-state index in [4.69, 9.17) is 10.3 Å². The van der Waals surface area contributed by atoms with Crippen LogP contribution >= 0.6 is 11.8 Å². The first-order valence-electron chi connectivity index (χ1n) is 7.29. The summed E-state index contributed by atoms with van der Waals surface area (Å²) in [6.07, 6.45) is 1.74. The average Bonchev–Trinajstić information content (AvgIpc) is 3.12. The third-order valence-corrected chi connectivity index (χ3v) is 4.20. The lowest BCUT2D eigenvalue weighted by atomic mass is 9.96. The molecule has 2 heterocycles. The van der Waals surface area contributed by atoms with Gasteiger partial charge in [-0.1, -0.05) is 62.9 Å². The van der Waals surface area contributed by atoms with Gasteiger partial charge in [0.1, 0.15) is 0 Å². The van der Waals surface area contributed by atoms with Crippen LogP contribution < -0.4 is 5.84 Å². The Kier molecular flexibility index (Phi) is 4.12. The second-order valence-electron chi connectivity index (χ2n) is 6.20. The summed E-state index contributed by atoms with van der Waals surface area (Å²) in [5.41, 5.74) is 0.859. The highest BCUT2D eigenvalue weighted by atomic mass is 32.2. The molecular formula is C16H19N5OS. The number of oxazole rings is 1. The summed E-state index contributed by atoms with van der Waals surface area (Å²) in [7, 11) is 0. The molecule has 120 valence electrons. The number of hydrogen-bond acceptors (Lipinski definition) is 6. The first-order chi connectivity index (χ1) is 10.9. The van der Waals surface area contributed by atoms with Crippen molar-refractivity contribution in [2.75, 3.05) is 5.84 Å². The molecule has 0 saturated carbocycles. The predicted octanol–water partition coefficient (Wildman–Crippen LogP) is 3.24. The van der Waals surface area contributed by atoms with E-state index < -0.39 is 0 Å². The van der Waals surface area contributed by atoms with E-state index in [0.29, 0.717) is 16.8 Å². The molecule has 0 aliphatic carbocycles. The molecule has 0 aliphatic heterocycles. The summed E-state index contributed by atoms with van der Waals surface area (Å²) in [6.45, 7) is 6.15. The van der Waals surface area contributed by atoms with E-state index in [2.05, 4.69) is 36.0 Å². The van der Waals surface area contributed by atoms with E-state index in [1.54, 1.807) is 6.20 Å². The van der Waals surface area contributed by atoms with Gasteiger partial charge in [-0.05, 0) is 0 Å². The van der Waals surface area contributed by atoms with Crippen LogP contribution in [0.15, 0.2) is 46.1 Å². The number of nitrogens with two attached hydrogens (primary N) is 1. The number of aromatic nitrogens is 4. The van der Waals surface area contributed by atoms with Gasteiger partial charge >= 0.3 is 0 Å². The number of rotatable bonds is 4. The van der Waals surface area contributed by atoms with Crippen molar-refractivity contribution >= 4 is 11.8 Å². The molecule has 0 spiro atoms. The van der Waals surface area contributed by atoms with Crippen molar-refractivity contribution < 1.29 is 4.42 Å². The van der Waals surface area contributed by atoms with E-state index in [-0.39, 0.29) is 5.41 Å². The zero-order valence-corrected chi connectivity index (χ0v) is 14.2. The van der Waals surface area contributed by atoms with Crippen LogP contribution in [-0.2, 0) is 11.2 Å². The Morgan fingerprint density at radius 1 is 1.17 bits per heavy atom. The second-order valence-corrected chi connectivity index (χ2v) is 7.14. The molecule has 0 fully saturated rings. The van der Waals surface area contributed by atoms with Crippen molar-refractivity contribution in [1.82, 2.24) is 19.9 Å². The SMILES string of the molecule is CC(C)(C)c1nnc(SCc2ncc(-c3ccccc3)o2)n1N. The van der Waals surface area contributed by atoms with E-state index >= 15 is 0 Å². The maximum absolute atomic E-state index is 6.07.